The maximum atomic E-state index is 5.24. The van der Waals surface area contributed by atoms with Crippen molar-refractivity contribution in [1.82, 2.24) is 29.5 Å². The van der Waals surface area contributed by atoms with E-state index in [4.69, 9.17) is 24.9 Å². The first-order valence-electron chi connectivity index (χ1n) is 14.4. The molecule has 6 nitrogen and oxygen atoms in total. The van der Waals surface area contributed by atoms with E-state index in [1.165, 1.54) is 16.2 Å². The molecule has 0 saturated carbocycles. The fourth-order valence-electron chi connectivity index (χ4n) is 5.98. The van der Waals surface area contributed by atoms with Gasteiger partial charge in [0.2, 0.25) is 5.95 Å². The standard InChI is InChI=1S/C37H22N6S/c1-3-12-24(13-4-1)33-39-34(25-14-5-2-6-15-25)41-35(40-33)32-28-21-22-44-36(28)42-37(38-32)43-29-18-10-9-17-27(29)31-26-16-8-7-11-23(26)19-20-30(31)43/h1-22H. The summed E-state index contributed by atoms with van der Waals surface area (Å²) < 4.78 is 2.16. The summed E-state index contributed by atoms with van der Waals surface area (Å²) in [7, 11) is 0. The molecule has 0 N–H and O–H groups in total. The van der Waals surface area contributed by atoms with Crippen molar-refractivity contribution in [2.45, 2.75) is 0 Å². The Balaban J connectivity index is 1.34. The lowest BCUT2D eigenvalue weighted by Gasteiger charge is -2.11. The van der Waals surface area contributed by atoms with Crippen LogP contribution < -0.4 is 0 Å². The Morgan fingerprint density at radius 2 is 1.09 bits per heavy atom. The molecule has 5 aromatic carbocycles. The highest BCUT2D eigenvalue weighted by Gasteiger charge is 2.21. The van der Waals surface area contributed by atoms with E-state index >= 15 is 0 Å². The first kappa shape index (κ1) is 24.8. The van der Waals surface area contributed by atoms with Gasteiger partial charge in [0.15, 0.2) is 17.5 Å². The van der Waals surface area contributed by atoms with Crippen LogP contribution in [0.1, 0.15) is 0 Å². The number of para-hydroxylation sites is 1. The van der Waals surface area contributed by atoms with Crippen molar-refractivity contribution in [3.8, 4) is 40.2 Å². The van der Waals surface area contributed by atoms with E-state index in [2.05, 4.69) is 65.2 Å². The molecule has 9 aromatic rings. The van der Waals surface area contributed by atoms with Crippen molar-refractivity contribution in [2.24, 2.45) is 0 Å². The summed E-state index contributed by atoms with van der Waals surface area (Å²) >= 11 is 1.59. The molecule has 0 aliphatic heterocycles. The molecule has 9 rings (SSSR count). The van der Waals surface area contributed by atoms with Crippen LogP contribution in [-0.2, 0) is 0 Å². The Morgan fingerprint density at radius 1 is 0.455 bits per heavy atom. The first-order chi connectivity index (χ1) is 21.8. The van der Waals surface area contributed by atoms with Crippen LogP contribution in [0.25, 0.3) is 83.0 Å². The van der Waals surface area contributed by atoms with Crippen LogP contribution in [0.4, 0.5) is 0 Å². The molecule has 0 aliphatic carbocycles. The molecular weight excluding hydrogens is 561 g/mol. The second kappa shape index (κ2) is 9.90. The zero-order chi connectivity index (χ0) is 29.0. The third kappa shape index (κ3) is 3.91. The second-order valence-corrected chi connectivity index (χ2v) is 11.5. The van der Waals surface area contributed by atoms with Crippen molar-refractivity contribution in [2.75, 3.05) is 0 Å². The van der Waals surface area contributed by atoms with E-state index in [0.717, 1.165) is 37.8 Å². The largest absolute Gasteiger partial charge is 0.278 e. The Morgan fingerprint density at radius 3 is 1.84 bits per heavy atom. The van der Waals surface area contributed by atoms with Gasteiger partial charge in [0, 0.05) is 27.3 Å². The van der Waals surface area contributed by atoms with Crippen LogP contribution in [-0.4, -0.2) is 29.5 Å². The van der Waals surface area contributed by atoms with Crippen molar-refractivity contribution < 1.29 is 0 Å². The number of hydrogen-bond acceptors (Lipinski definition) is 6. The molecular formula is C37H22N6S. The molecule has 4 aromatic heterocycles. The molecule has 4 heterocycles. The van der Waals surface area contributed by atoms with Gasteiger partial charge in [-0.05, 0) is 34.4 Å². The predicted molar refractivity (Wildman–Crippen MR) is 179 cm³/mol. The van der Waals surface area contributed by atoms with Gasteiger partial charge in [-0.15, -0.1) is 11.3 Å². The van der Waals surface area contributed by atoms with Crippen molar-refractivity contribution >= 4 is 54.1 Å². The monoisotopic (exact) mass is 582 g/mol. The van der Waals surface area contributed by atoms with Gasteiger partial charge in [-0.3, -0.25) is 4.57 Å². The topological polar surface area (TPSA) is 69.4 Å². The highest BCUT2D eigenvalue weighted by atomic mass is 32.1. The summed E-state index contributed by atoms with van der Waals surface area (Å²) in [6.45, 7) is 0. The Hall–Kier alpha value is -5.79. The highest BCUT2D eigenvalue weighted by molar-refractivity contribution is 7.16. The summed E-state index contributed by atoms with van der Waals surface area (Å²) in [5, 5.41) is 7.71. The number of benzene rings is 5. The van der Waals surface area contributed by atoms with Gasteiger partial charge in [-0.25, -0.2) is 24.9 Å². The van der Waals surface area contributed by atoms with Crippen LogP contribution >= 0.6 is 11.3 Å². The molecule has 0 saturated heterocycles. The van der Waals surface area contributed by atoms with Gasteiger partial charge in [0.05, 0.1) is 11.0 Å². The third-order valence-corrected chi connectivity index (χ3v) is 8.79. The van der Waals surface area contributed by atoms with E-state index in [1.54, 1.807) is 11.3 Å². The molecule has 7 heteroatoms. The number of thiophene rings is 1. The number of fused-ring (bicyclic) bond motifs is 6. The van der Waals surface area contributed by atoms with Gasteiger partial charge in [-0.2, -0.15) is 0 Å². The number of aromatic nitrogens is 6. The lowest BCUT2D eigenvalue weighted by Crippen LogP contribution is -2.05. The average molecular weight is 583 g/mol. The van der Waals surface area contributed by atoms with E-state index in [9.17, 15) is 0 Å². The van der Waals surface area contributed by atoms with Crippen LogP contribution in [0.15, 0.2) is 133 Å². The van der Waals surface area contributed by atoms with Gasteiger partial charge >= 0.3 is 0 Å². The van der Waals surface area contributed by atoms with Crippen molar-refractivity contribution in [1.29, 1.82) is 0 Å². The molecule has 0 fully saturated rings. The zero-order valence-electron chi connectivity index (χ0n) is 23.3. The number of nitrogens with zero attached hydrogens (tertiary/aromatic N) is 6. The van der Waals surface area contributed by atoms with E-state index in [-0.39, 0.29) is 0 Å². The normalized spacial score (nSPS) is 11.6. The van der Waals surface area contributed by atoms with E-state index in [0.29, 0.717) is 29.1 Å². The molecule has 0 amide bonds. The molecule has 0 bridgehead atoms. The summed E-state index contributed by atoms with van der Waals surface area (Å²) in [5.74, 6) is 2.29. The molecule has 0 radical (unpaired) electrons. The lowest BCUT2D eigenvalue weighted by molar-refractivity contribution is 0.998. The summed E-state index contributed by atoms with van der Waals surface area (Å²) in [5.41, 5.74) is 4.61. The fourth-order valence-corrected chi connectivity index (χ4v) is 6.74. The number of hydrogen-bond donors (Lipinski definition) is 0. The number of rotatable bonds is 4. The maximum absolute atomic E-state index is 5.24. The minimum atomic E-state index is 0.510. The average Bonchev–Trinajstić information content (AvgIpc) is 3.71. The quantitative estimate of drug-likeness (QED) is 0.207. The third-order valence-electron chi connectivity index (χ3n) is 7.99. The van der Waals surface area contributed by atoms with E-state index in [1.807, 2.05) is 72.1 Å². The maximum Gasteiger partial charge on any atom is 0.236 e. The van der Waals surface area contributed by atoms with Crippen molar-refractivity contribution in [3.05, 3.63) is 133 Å². The summed E-state index contributed by atoms with van der Waals surface area (Å²) in [6, 6.07) is 43.4. The van der Waals surface area contributed by atoms with Crippen LogP contribution in [0.5, 0.6) is 0 Å². The van der Waals surface area contributed by atoms with Gasteiger partial charge in [-0.1, -0.05) is 109 Å². The second-order valence-electron chi connectivity index (χ2n) is 10.6. The van der Waals surface area contributed by atoms with Crippen LogP contribution in [0, 0.1) is 0 Å². The zero-order valence-corrected chi connectivity index (χ0v) is 24.1. The van der Waals surface area contributed by atoms with Crippen molar-refractivity contribution in [3.63, 3.8) is 0 Å². The van der Waals surface area contributed by atoms with E-state index < -0.39 is 0 Å². The molecule has 0 atom stereocenters. The smallest absolute Gasteiger partial charge is 0.236 e. The lowest BCUT2D eigenvalue weighted by atomic mass is 10.0. The fraction of sp³-hybridized carbons (Fsp3) is 0. The van der Waals surface area contributed by atoms with Crippen LogP contribution in [0.3, 0.4) is 0 Å². The first-order valence-corrected chi connectivity index (χ1v) is 15.2. The minimum absolute atomic E-state index is 0.510. The molecule has 0 unspecified atom stereocenters. The van der Waals surface area contributed by atoms with Crippen LogP contribution in [0.2, 0.25) is 0 Å². The summed E-state index contributed by atoms with van der Waals surface area (Å²) in [6.07, 6.45) is 0. The summed E-state index contributed by atoms with van der Waals surface area (Å²) in [4.78, 5) is 26.1. The van der Waals surface area contributed by atoms with Gasteiger partial charge in [0.25, 0.3) is 0 Å². The highest BCUT2D eigenvalue weighted by Crippen LogP contribution is 2.38. The molecule has 0 spiro atoms. The molecule has 44 heavy (non-hydrogen) atoms. The van der Waals surface area contributed by atoms with Gasteiger partial charge < -0.3 is 0 Å². The van der Waals surface area contributed by atoms with Gasteiger partial charge in [0.1, 0.15) is 10.5 Å². The SMILES string of the molecule is c1ccc(-c2nc(-c3ccccc3)nc(-c3nc(-n4c5ccccc5c5c6ccccc6ccc54)nc4sccc34)n2)cc1. The predicted octanol–water partition coefficient (Wildman–Crippen LogP) is 9.13. The Bertz CT molecular complexity index is 2440. The Kier molecular flexibility index (Phi) is 5.57. The molecule has 0 aliphatic rings. The molecule has 206 valence electrons. The Labute approximate surface area is 256 Å². The minimum Gasteiger partial charge on any atom is -0.278 e.